The van der Waals surface area contributed by atoms with E-state index in [4.69, 9.17) is 15.9 Å². The number of aryl methyl sites for hydroxylation is 1. The average Bonchev–Trinajstić information content (AvgIpc) is 2.29. The SMILES string of the molecule is Cc1cc(C(=N)N)cc(Oc2ccccc2)n1. The van der Waals surface area contributed by atoms with Gasteiger partial charge in [-0.25, -0.2) is 4.98 Å². The van der Waals surface area contributed by atoms with Crippen LogP contribution in [0.4, 0.5) is 0 Å². The number of nitrogens with two attached hydrogens (primary N) is 1. The molecule has 0 saturated carbocycles. The quantitative estimate of drug-likeness (QED) is 0.625. The van der Waals surface area contributed by atoms with Crippen LogP contribution in [0.25, 0.3) is 0 Å². The van der Waals surface area contributed by atoms with Crippen molar-refractivity contribution in [2.24, 2.45) is 5.73 Å². The number of pyridine rings is 1. The molecule has 17 heavy (non-hydrogen) atoms. The van der Waals surface area contributed by atoms with Gasteiger partial charge in [0.25, 0.3) is 0 Å². The number of hydrogen-bond donors (Lipinski definition) is 2. The van der Waals surface area contributed by atoms with Crippen LogP contribution in [0, 0.1) is 12.3 Å². The summed E-state index contributed by atoms with van der Waals surface area (Å²) in [4.78, 5) is 4.24. The van der Waals surface area contributed by atoms with Crippen LogP contribution >= 0.6 is 0 Å². The molecule has 1 aromatic carbocycles. The number of rotatable bonds is 3. The predicted molar refractivity (Wildman–Crippen MR) is 66.5 cm³/mol. The van der Waals surface area contributed by atoms with Gasteiger partial charge in [-0.15, -0.1) is 0 Å². The zero-order valence-corrected chi connectivity index (χ0v) is 9.47. The average molecular weight is 227 g/mol. The summed E-state index contributed by atoms with van der Waals surface area (Å²) >= 11 is 0. The molecular weight excluding hydrogens is 214 g/mol. The highest BCUT2D eigenvalue weighted by Gasteiger charge is 2.04. The van der Waals surface area contributed by atoms with Gasteiger partial charge in [0.1, 0.15) is 11.6 Å². The fraction of sp³-hybridized carbons (Fsp3) is 0.0769. The van der Waals surface area contributed by atoms with E-state index in [0.29, 0.717) is 17.2 Å². The van der Waals surface area contributed by atoms with Crippen molar-refractivity contribution in [1.82, 2.24) is 4.98 Å². The van der Waals surface area contributed by atoms with Crippen LogP contribution < -0.4 is 10.5 Å². The summed E-state index contributed by atoms with van der Waals surface area (Å²) in [5, 5.41) is 7.40. The van der Waals surface area contributed by atoms with Gasteiger partial charge in [0.2, 0.25) is 5.88 Å². The summed E-state index contributed by atoms with van der Waals surface area (Å²) < 4.78 is 5.59. The third kappa shape index (κ3) is 2.81. The molecule has 2 rings (SSSR count). The minimum atomic E-state index is 0.00779. The first kappa shape index (κ1) is 11.1. The molecule has 0 aliphatic rings. The third-order valence-corrected chi connectivity index (χ3v) is 2.21. The Morgan fingerprint density at radius 2 is 1.94 bits per heavy atom. The molecule has 0 amide bonds. The second-order valence-electron chi connectivity index (χ2n) is 3.66. The third-order valence-electron chi connectivity index (χ3n) is 2.21. The van der Waals surface area contributed by atoms with Gasteiger partial charge < -0.3 is 10.5 Å². The first-order chi connectivity index (χ1) is 8.15. The molecule has 0 aliphatic heterocycles. The molecule has 86 valence electrons. The number of nitrogens with one attached hydrogen (secondary N) is 1. The van der Waals surface area contributed by atoms with E-state index in [1.54, 1.807) is 12.1 Å². The van der Waals surface area contributed by atoms with Crippen molar-refractivity contribution in [3.05, 3.63) is 53.7 Å². The second-order valence-corrected chi connectivity index (χ2v) is 3.66. The summed E-state index contributed by atoms with van der Waals surface area (Å²) in [7, 11) is 0. The van der Waals surface area contributed by atoms with E-state index in [9.17, 15) is 0 Å². The lowest BCUT2D eigenvalue weighted by molar-refractivity contribution is 0.461. The highest BCUT2D eigenvalue weighted by Crippen LogP contribution is 2.20. The topological polar surface area (TPSA) is 72.0 Å². The smallest absolute Gasteiger partial charge is 0.220 e. The maximum absolute atomic E-state index is 7.40. The number of hydrogen-bond acceptors (Lipinski definition) is 3. The molecule has 0 unspecified atom stereocenters. The van der Waals surface area contributed by atoms with E-state index in [-0.39, 0.29) is 5.84 Å². The van der Waals surface area contributed by atoms with Gasteiger partial charge in [0.05, 0.1) is 0 Å². The molecule has 0 saturated heterocycles. The highest BCUT2D eigenvalue weighted by molar-refractivity contribution is 5.95. The van der Waals surface area contributed by atoms with Crippen molar-refractivity contribution in [1.29, 1.82) is 5.41 Å². The lowest BCUT2D eigenvalue weighted by Gasteiger charge is -2.07. The lowest BCUT2D eigenvalue weighted by Crippen LogP contribution is -2.11. The summed E-state index contributed by atoms with van der Waals surface area (Å²) in [6.07, 6.45) is 0. The number of aromatic nitrogens is 1. The van der Waals surface area contributed by atoms with Gasteiger partial charge in [-0.1, -0.05) is 18.2 Å². The van der Waals surface area contributed by atoms with Crippen molar-refractivity contribution in [2.75, 3.05) is 0 Å². The Hall–Kier alpha value is -2.36. The van der Waals surface area contributed by atoms with E-state index in [0.717, 1.165) is 5.69 Å². The molecule has 4 heteroatoms. The molecule has 1 aromatic heterocycles. The second kappa shape index (κ2) is 4.65. The van der Waals surface area contributed by atoms with Gasteiger partial charge in [-0.3, -0.25) is 5.41 Å². The van der Waals surface area contributed by atoms with Gasteiger partial charge in [0.15, 0.2) is 0 Å². The van der Waals surface area contributed by atoms with Crippen LogP contribution in [-0.2, 0) is 0 Å². The maximum atomic E-state index is 7.40. The highest BCUT2D eigenvalue weighted by atomic mass is 16.5. The molecule has 0 spiro atoms. The Morgan fingerprint density at radius 1 is 1.24 bits per heavy atom. The molecule has 0 fully saturated rings. The first-order valence-corrected chi connectivity index (χ1v) is 5.21. The minimum Gasteiger partial charge on any atom is -0.439 e. The van der Waals surface area contributed by atoms with Crippen LogP contribution in [0.15, 0.2) is 42.5 Å². The summed E-state index contributed by atoms with van der Waals surface area (Å²) in [6, 6.07) is 12.8. The molecule has 0 radical (unpaired) electrons. The molecule has 0 atom stereocenters. The van der Waals surface area contributed by atoms with E-state index in [1.807, 2.05) is 37.3 Å². The molecule has 0 aliphatic carbocycles. The summed E-state index contributed by atoms with van der Waals surface area (Å²) in [5.41, 5.74) is 6.83. The fourth-order valence-electron chi connectivity index (χ4n) is 1.46. The van der Waals surface area contributed by atoms with Gasteiger partial charge in [-0.05, 0) is 25.1 Å². The van der Waals surface area contributed by atoms with E-state index < -0.39 is 0 Å². The Bertz CT molecular complexity index is 538. The maximum Gasteiger partial charge on any atom is 0.220 e. The van der Waals surface area contributed by atoms with Crippen molar-refractivity contribution < 1.29 is 4.74 Å². The Balaban J connectivity index is 2.30. The van der Waals surface area contributed by atoms with Crippen molar-refractivity contribution >= 4 is 5.84 Å². The minimum absolute atomic E-state index is 0.00779. The zero-order chi connectivity index (χ0) is 12.3. The number of nitrogen functional groups attached to an aromatic ring is 1. The molecule has 4 nitrogen and oxygen atoms in total. The van der Waals surface area contributed by atoms with Gasteiger partial charge in [-0.2, -0.15) is 0 Å². The van der Waals surface area contributed by atoms with Crippen molar-refractivity contribution in [2.45, 2.75) is 6.92 Å². The van der Waals surface area contributed by atoms with Crippen molar-refractivity contribution in [3.63, 3.8) is 0 Å². The van der Waals surface area contributed by atoms with Crippen LogP contribution in [0.2, 0.25) is 0 Å². The van der Waals surface area contributed by atoms with E-state index >= 15 is 0 Å². The lowest BCUT2D eigenvalue weighted by atomic mass is 10.2. The first-order valence-electron chi connectivity index (χ1n) is 5.21. The number of para-hydroxylation sites is 1. The van der Waals surface area contributed by atoms with Crippen LogP contribution in [-0.4, -0.2) is 10.8 Å². The molecule has 0 bridgehead atoms. The number of ether oxygens (including phenoxy) is 1. The van der Waals surface area contributed by atoms with E-state index in [2.05, 4.69) is 4.98 Å². The largest absolute Gasteiger partial charge is 0.439 e. The normalized spacial score (nSPS) is 9.94. The molecule has 2 aromatic rings. The number of nitrogens with zero attached hydrogens (tertiary/aromatic N) is 1. The molecule has 1 heterocycles. The fourth-order valence-corrected chi connectivity index (χ4v) is 1.46. The van der Waals surface area contributed by atoms with Crippen LogP contribution in [0.1, 0.15) is 11.3 Å². The standard InChI is InChI=1S/C13H13N3O/c1-9-7-10(13(14)15)8-12(16-9)17-11-5-3-2-4-6-11/h2-8H,1H3,(H3,14,15). The number of amidine groups is 1. The predicted octanol–water partition coefficient (Wildman–Crippen LogP) is 2.47. The zero-order valence-electron chi connectivity index (χ0n) is 9.47. The Morgan fingerprint density at radius 3 is 2.59 bits per heavy atom. The Kier molecular flexibility index (Phi) is 3.05. The summed E-state index contributed by atoms with van der Waals surface area (Å²) in [5.74, 6) is 1.16. The number of benzene rings is 1. The van der Waals surface area contributed by atoms with Crippen molar-refractivity contribution in [3.8, 4) is 11.6 Å². The summed E-state index contributed by atoms with van der Waals surface area (Å²) in [6.45, 7) is 1.84. The Labute approximate surface area is 99.6 Å². The van der Waals surface area contributed by atoms with Crippen LogP contribution in [0.3, 0.4) is 0 Å². The van der Waals surface area contributed by atoms with Gasteiger partial charge >= 0.3 is 0 Å². The monoisotopic (exact) mass is 227 g/mol. The van der Waals surface area contributed by atoms with E-state index in [1.165, 1.54) is 0 Å². The van der Waals surface area contributed by atoms with Gasteiger partial charge in [0, 0.05) is 17.3 Å². The molecule has 3 N–H and O–H groups in total. The van der Waals surface area contributed by atoms with Crippen LogP contribution in [0.5, 0.6) is 11.6 Å². The molecular formula is C13H13N3O.